The van der Waals surface area contributed by atoms with Crippen LogP contribution in [-0.4, -0.2) is 75.9 Å². The molecule has 0 aliphatic carbocycles. The molecule has 0 bridgehead atoms. The fourth-order valence-corrected chi connectivity index (χ4v) is 4.87. The highest BCUT2D eigenvalue weighted by Crippen LogP contribution is 2.34. The van der Waals surface area contributed by atoms with E-state index in [1.807, 2.05) is 17.0 Å². The Kier molecular flexibility index (Phi) is 8.54. The van der Waals surface area contributed by atoms with Crippen molar-refractivity contribution in [1.82, 2.24) is 15.1 Å². The van der Waals surface area contributed by atoms with Gasteiger partial charge in [0.15, 0.2) is 6.61 Å². The number of ether oxygens (including phenoxy) is 1. The lowest BCUT2D eigenvalue weighted by Crippen LogP contribution is -2.73. The molecule has 3 N–H and O–H groups in total. The molecule has 1 spiro atoms. The zero-order valence-corrected chi connectivity index (χ0v) is 19.8. The Morgan fingerprint density at radius 1 is 1.19 bits per heavy atom. The summed E-state index contributed by atoms with van der Waals surface area (Å²) < 4.78 is 4.30. The standard InChI is InChI=1S/C25H39N3O4/c1-4-5-12-28-23(30)22(17-19(2)3)26-24(31)25(28)10-13-27(14-11-25)18-20-6-8-21(9-7-20)32-16-15-29/h6-9,19,22,29H,4-5,10-18H2,1-3H3,(H,26,31)/p+1/t22-/m0/s1. The zero-order valence-electron chi connectivity index (χ0n) is 19.8. The molecule has 178 valence electrons. The average molecular weight is 447 g/mol. The van der Waals surface area contributed by atoms with Crippen LogP contribution in [0, 0.1) is 5.92 Å². The van der Waals surface area contributed by atoms with Gasteiger partial charge in [0.05, 0.1) is 0 Å². The number of piperidine rings is 1. The average Bonchev–Trinajstić information content (AvgIpc) is 2.78. The predicted molar refractivity (Wildman–Crippen MR) is 125 cm³/mol. The summed E-state index contributed by atoms with van der Waals surface area (Å²) in [4.78, 5) is 30.9. The third-order valence-electron chi connectivity index (χ3n) is 6.67. The molecular weight excluding hydrogens is 406 g/mol. The zero-order chi connectivity index (χ0) is 23.1. The number of aromatic hydroxyl groups is 1. The van der Waals surface area contributed by atoms with Crippen molar-refractivity contribution in [2.75, 3.05) is 32.8 Å². The molecule has 2 saturated heterocycles. The van der Waals surface area contributed by atoms with E-state index in [4.69, 9.17) is 5.11 Å². The number of piperazine rings is 1. The molecular formula is C25H40N3O4+. The second kappa shape index (κ2) is 11.1. The fourth-order valence-electron chi connectivity index (χ4n) is 4.87. The number of nitrogens with zero attached hydrogens (tertiary/aromatic N) is 2. The smallest absolute Gasteiger partial charge is 0.254 e. The van der Waals surface area contributed by atoms with Crippen LogP contribution in [0.5, 0.6) is 5.75 Å². The number of carbonyl (C=O) groups excluding carboxylic acids is 2. The lowest BCUT2D eigenvalue weighted by molar-refractivity contribution is -0.161. The summed E-state index contributed by atoms with van der Waals surface area (Å²) in [6.45, 7) is 9.83. The molecule has 32 heavy (non-hydrogen) atoms. The molecule has 1 atom stereocenters. The number of hydrogen-bond acceptors (Lipinski definition) is 4. The van der Waals surface area contributed by atoms with Crippen LogP contribution in [0.3, 0.4) is 0 Å². The summed E-state index contributed by atoms with van der Waals surface area (Å²) in [5.74, 6) is 1.37. The molecule has 0 aromatic heterocycles. The lowest BCUT2D eigenvalue weighted by Gasteiger charge is -2.52. The van der Waals surface area contributed by atoms with Crippen LogP contribution in [0.25, 0.3) is 0 Å². The Hall–Kier alpha value is -2.12. The molecule has 1 aromatic carbocycles. The van der Waals surface area contributed by atoms with Gasteiger partial charge in [0.1, 0.15) is 18.2 Å². The maximum Gasteiger partial charge on any atom is 0.254 e. The lowest BCUT2D eigenvalue weighted by atomic mass is 9.80. The second-order valence-corrected chi connectivity index (χ2v) is 9.58. The Morgan fingerprint density at radius 2 is 1.88 bits per heavy atom. The minimum atomic E-state index is -0.705. The topological polar surface area (TPSA) is 85.7 Å². The van der Waals surface area contributed by atoms with E-state index in [-0.39, 0.29) is 18.4 Å². The van der Waals surface area contributed by atoms with E-state index in [9.17, 15) is 9.59 Å². The third-order valence-corrected chi connectivity index (χ3v) is 6.67. The van der Waals surface area contributed by atoms with Gasteiger partial charge in [0.2, 0.25) is 11.8 Å². The van der Waals surface area contributed by atoms with E-state index in [1.54, 1.807) is 0 Å². The number of rotatable bonds is 10. The number of nitrogens with one attached hydrogen (secondary N) is 1. The molecule has 0 saturated carbocycles. The number of aliphatic hydroxyl groups is 2. The number of likely N-dealkylation sites (tertiary alicyclic amines) is 1. The van der Waals surface area contributed by atoms with Gasteiger partial charge in [-0.05, 0) is 49.3 Å². The second-order valence-electron chi connectivity index (χ2n) is 9.58. The van der Waals surface area contributed by atoms with E-state index in [1.165, 1.54) is 5.56 Å². The van der Waals surface area contributed by atoms with Crippen molar-refractivity contribution in [2.24, 2.45) is 5.92 Å². The number of aliphatic hydroxyl groups excluding tert-OH is 1. The quantitative estimate of drug-likeness (QED) is 0.541. The number of unbranched alkanes of at least 4 members (excludes halogenated alkanes) is 1. The Balaban J connectivity index is 1.65. The monoisotopic (exact) mass is 446 g/mol. The molecule has 7 heteroatoms. The summed E-state index contributed by atoms with van der Waals surface area (Å²) in [6.07, 6.45) is 3.96. The highest BCUT2D eigenvalue weighted by atomic mass is 16.5. The maximum atomic E-state index is 13.3. The van der Waals surface area contributed by atoms with E-state index in [0.29, 0.717) is 38.3 Å². The molecule has 2 aliphatic rings. The van der Waals surface area contributed by atoms with Crippen molar-refractivity contribution in [2.45, 2.75) is 71.0 Å². The van der Waals surface area contributed by atoms with E-state index in [0.717, 1.165) is 38.2 Å². The molecule has 2 amide bonds. The van der Waals surface area contributed by atoms with Gasteiger partial charge < -0.3 is 20.1 Å². The molecule has 2 fully saturated rings. The van der Waals surface area contributed by atoms with Crippen molar-refractivity contribution < 1.29 is 19.4 Å². The van der Waals surface area contributed by atoms with Crippen molar-refractivity contribution in [3.05, 3.63) is 29.8 Å². The summed E-state index contributed by atoms with van der Waals surface area (Å²) >= 11 is 0. The first-order chi connectivity index (χ1) is 15.4. The third kappa shape index (κ3) is 5.62. The van der Waals surface area contributed by atoms with Crippen molar-refractivity contribution in [1.29, 1.82) is 0 Å². The van der Waals surface area contributed by atoms with Gasteiger partial charge in [-0.1, -0.05) is 27.2 Å². The number of amides is 2. The van der Waals surface area contributed by atoms with E-state index < -0.39 is 11.6 Å². The first kappa shape index (κ1) is 24.5. The van der Waals surface area contributed by atoms with E-state index >= 15 is 0 Å². The van der Waals surface area contributed by atoms with Crippen molar-refractivity contribution in [3.63, 3.8) is 0 Å². The Morgan fingerprint density at radius 3 is 2.47 bits per heavy atom. The van der Waals surface area contributed by atoms with Crippen LogP contribution in [0.2, 0.25) is 0 Å². The molecule has 1 aromatic rings. The van der Waals surface area contributed by atoms with Gasteiger partial charge >= 0.3 is 0 Å². The van der Waals surface area contributed by atoms with Crippen molar-refractivity contribution >= 4 is 11.8 Å². The van der Waals surface area contributed by atoms with Crippen LogP contribution in [0.15, 0.2) is 24.3 Å². The minimum Gasteiger partial charge on any atom is -0.581 e. The number of carbonyl (C=O) groups is 2. The largest absolute Gasteiger partial charge is 0.581 e. The maximum absolute atomic E-state index is 13.3. The van der Waals surface area contributed by atoms with Gasteiger partial charge in [-0.15, -0.1) is 0 Å². The van der Waals surface area contributed by atoms with Gasteiger partial charge in [0, 0.05) is 38.3 Å². The van der Waals surface area contributed by atoms with Crippen LogP contribution in [0.4, 0.5) is 0 Å². The molecule has 2 aliphatic heterocycles. The Bertz CT molecular complexity index is 757. The van der Waals surface area contributed by atoms with Crippen LogP contribution in [0.1, 0.15) is 58.4 Å². The molecule has 7 nitrogen and oxygen atoms in total. The number of hydrogen-bond donors (Lipinski definition) is 2. The summed E-state index contributed by atoms with van der Waals surface area (Å²) in [7, 11) is 0. The van der Waals surface area contributed by atoms with Gasteiger partial charge in [-0.2, -0.15) is 0 Å². The van der Waals surface area contributed by atoms with Gasteiger partial charge in [-0.25, -0.2) is 0 Å². The summed E-state index contributed by atoms with van der Waals surface area (Å²) in [5, 5.41) is 12.0. The highest BCUT2D eigenvalue weighted by Gasteiger charge is 2.53. The van der Waals surface area contributed by atoms with Crippen LogP contribution in [-0.2, 0) is 16.1 Å². The molecule has 0 radical (unpaired) electrons. The summed E-state index contributed by atoms with van der Waals surface area (Å²) in [5.41, 5.74) is 0.497. The number of benzene rings is 1. The van der Waals surface area contributed by atoms with Crippen LogP contribution >= 0.6 is 0 Å². The van der Waals surface area contributed by atoms with Crippen molar-refractivity contribution in [3.8, 4) is 5.75 Å². The first-order valence-electron chi connectivity index (χ1n) is 12.1. The first-order valence-corrected chi connectivity index (χ1v) is 12.1. The Labute approximate surface area is 192 Å². The highest BCUT2D eigenvalue weighted by molar-refractivity contribution is 6.00. The summed E-state index contributed by atoms with van der Waals surface area (Å²) in [6, 6.07) is 7.71. The van der Waals surface area contributed by atoms with Crippen LogP contribution < -0.4 is 5.32 Å². The van der Waals surface area contributed by atoms with E-state index in [2.05, 4.69) is 47.9 Å². The SMILES string of the molecule is CCCCN1C(=O)[C@H](CC(C)C)NC(=O)C12CCN(Cc1ccc([OH+]CCO)cc1)CC2. The minimum absolute atomic E-state index is 0.0355. The predicted octanol–water partition coefficient (Wildman–Crippen LogP) is 2.43. The fraction of sp³-hybridized carbons (Fsp3) is 0.680. The molecule has 0 unspecified atom stereocenters. The van der Waals surface area contributed by atoms with Gasteiger partial charge in [0.25, 0.3) is 5.75 Å². The normalized spacial score (nSPS) is 21.3. The molecule has 2 heterocycles. The molecule has 3 rings (SSSR count). The van der Waals surface area contributed by atoms with Gasteiger partial charge in [-0.3, -0.25) is 14.5 Å².